The Morgan fingerprint density at radius 2 is 2.06 bits per heavy atom. The highest BCUT2D eigenvalue weighted by Gasteiger charge is 2.13. The van der Waals surface area contributed by atoms with Crippen LogP contribution in [0.2, 0.25) is 0 Å². The molecule has 0 atom stereocenters. The molecule has 0 saturated heterocycles. The molecule has 0 saturated carbocycles. The van der Waals surface area contributed by atoms with E-state index in [1.807, 2.05) is 13.1 Å². The second kappa shape index (κ2) is 5.23. The summed E-state index contributed by atoms with van der Waals surface area (Å²) in [5, 5.41) is 3.14. The molecule has 0 spiro atoms. The first-order chi connectivity index (χ1) is 8.69. The van der Waals surface area contributed by atoms with Crippen molar-refractivity contribution in [2.45, 2.75) is 20.4 Å². The van der Waals surface area contributed by atoms with Crippen LogP contribution in [0.1, 0.15) is 16.8 Å². The molecule has 0 fully saturated rings. The molecule has 96 valence electrons. The first kappa shape index (κ1) is 12.6. The van der Waals surface area contributed by atoms with Crippen LogP contribution in [-0.4, -0.2) is 24.1 Å². The molecule has 2 aromatic rings. The molecule has 1 aromatic heterocycles. The average Bonchev–Trinajstić information content (AvgIpc) is 2.81. The van der Waals surface area contributed by atoms with Crippen LogP contribution < -0.4 is 10.1 Å². The van der Waals surface area contributed by atoms with Crippen molar-refractivity contribution in [3.8, 4) is 17.0 Å². The van der Waals surface area contributed by atoms with Gasteiger partial charge in [0, 0.05) is 12.1 Å². The van der Waals surface area contributed by atoms with Gasteiger partial charge < -0.3 is 15.0 Å². The summed E-state index contributed by atoms with van der Waals surface area (Å²) >= 11 is 0. The lowest BCUT2D eigenvalue weighted by Gasteiger charge is -2.12. The summed E-state index contributed by atoms with van der Waals surface area (Å²) in [6.45, 7) is 4.95. The van der Waals surface area contributed by atoms with E-state index in [9.17, 15) is 0 Å². The standard InChI is InChI=1S/C14H19N3O/c1-9-10(2)13(18-4)6-5-11(9)14-12(7-15-3)16-8-17-14/h5-6,8,15H,7H2,1-4H3,(H,16,17). The van der Waals surface area contributed by atoms with E-state index in [1.54, 1.807) is 13.4 Å². The highest BCUT2D eigenvalue weighted by Crippen LogP contribution is 2.31. The van der Waals surface area contributed by atoms with Crippen molar-refractivity contribution in [2.75, 3.05) is 14.2 Å². The normalized spacial score (nSPS) is 10.7. The van der Waals surface area contributed by atoms with Gasteiger partial charge in [-0.25, -0.2) is 4.98 Å². The number of hydrogen-bond acceptors (Lipinski definition) is 3. The Labute approximate surface area is 107 Å². The highest BCUT2D eigenvalue weighted by atomic mass is 16.5. The minimum absolute atomic E-state index is 0.778. The number of imidazole rings is 1. The number of methoxy groups -OCH3 is 1. The maximum Gasteiger partial charge on any atom is 0.122 e. The summed E-state index contributed by atoms with van der Waals surface area (Å²) < 4.78 is 5.34. The van der Waals surface area contributed by atoms with Crippen molar-refractivity contribution in [1.29, 1.82) is 0 Å². The monoisotopic (exact) mass is 245 g/mol. The number of nitrogens with zero attached hydrogens (tertiary/aromatic N) is 1. The third-order valence-corrected chi connectivity index (χ3v) is 3.28. The van der Waals surface area contributed by atoms with Crippen molar-refractivity contribution < 1.29 is 4.74 Å². The van der Waals surface area contributed by atoms with Gasteiger partial charge in [0.25, 0.3) is 0 Å². The van der Waals surface area contributed by atoms with Crippen molar-refractivity contribution in [1.82, 2.24) is 15.3 Å². The van der Waals surface area contributed by atoms with Gasteiger partial charge in [-0.1, -0.05) is 0 Å². The molecule has 0 aliphatic heterocycles. The maximum atomic E-state index is 5.34. The number of hydrogen-bond donors (Lipinski definition) is 2. The van der Waals surface area contributed by atoms with Gasteiger partial charge in [0.2, 0.25) is 0 Å². The van der Waals surface area contributed by atoms with Gasteiger partial charge in [-0.15, -0.1) is 0 Å². The Hall–Kier alpha value is -1.81. The van der Waals surface area contributed by atoms with Crippen molar-refractivity contribution >= 4 is 0 Å². The highest BCUT2D eigenvalue weighted by molar-refractivity contribution is 5.69. The number of nitrogens with one attached hydrogen (secondary N) is 2. The summed E-state index contributed by atoms with van der Waals surface area (Å²) in [7, 11) is 3.62. The molecule has 0 aliphatic rings. The second-order valence-electron chi connectivity index (χ2n) is 4.33. The van der Waals surface area contributed by atoms with Crippen molar-refractivity contribution in [3.63, 3.8) is 0 Å². The van der Waals surface area contributed by atoms with Gasteiger partial charge in [-0.3, -0.25) is 0 Å². The molecule has 1 aromatic carbocycles. The molecule has 18 heavy (non-hydrogen) atoms. The van der Waals surface area contributed by atoms with Gasteiger partial charge in [0.1, 0.15) is 5.75 Å². The fourth-order valence-electron chi connectivity index (χ4n) is 2.14. The van der Waals surface area contributed by atoms with Gasteiger partial charge in [-0.05, 0) is 44.2 Å². The molecular weight excluding hydrogens is 226 g/mol. The summed E-state index contributed by atoms with van der Waals surface area (Å²) in [5.41, 5.74) is 5.63. The zero-order valence-electron chi connectivity index (χ0n) is 11.3. The Balaban J connectivity index is 2.51. The molecule has 4 nitrogen and oxygen atoms in total. The number of H-pyrrole nitrogens is 1. The number of aromatic nitrogens is 2. The molecule has 0 radical (unpaired) electrons. The summed E-state index contributed by atoms with van der Waals surface area (Å²) in [6.07, 6.45) is 1.74. The summed E-state index contributed by atoms with van der Waals surface area (Å²) in [5.74, 6) is 0.918. The van der Waals surface area contributed by atoms with Crippen molar-refractivity contribution in [3.05, 3.63) is 35.3 Å². The molecule has 0 bridgehead atoms. The van der Waals surface area contributed by atoms with Gasteiger partial charge in [0.05, 0.1) is 24.8 Å². The number of benzene rings is 1. The van der Waals surface area contributed by atoms with Gasteiger partial charge in [-0.2, -0.15) is 0 Å². The van der Waals surface area contributed by atoms with Gasteiger partial charge in [0.15, 0.2) is 0 Å². The Morgan fingerprint density at radius 1 is 1.28 bits per heavy atom. The predicted octanol–water partition coefficient (Wildman–Crippen LogP) is 2.42. The van der Waals surface area contributed by atoms with Crippen LogP contribution in [-0.2, 0) is 6.54 Å². The third-order valence-electron chi connectivity index (χ3n) is 3.28. The second-order valence-corrected chi connectivity index (χ2v) is 4.33. The van der Waals surface area contributed by atoms with Crippen LogP contribution in [0.5, 0.6) is 5.75 Å². The Bertz CT molecular complexity index is 546. The average molecular weight is 245 g/mol. The van der Waals surface area contributed by atoms with E-state index in [1.165, 1.54) is 5.56 Å². The van der Waals surface area contributed by atoms with Crippen LogP contribution >= 0.6 is 0 Å². The quantitative estimate of drug-likeness (QED) is 0.869. The zero-order valence-corrected chi connectivity index (χ0v) is 11.3. The molecule has 0 unspecified atom stereocenters. The fourth-order valence-corrected chi connectivity index (χ4v) is 2.14. The van der Waals surface area contributed by atoms with E-state index in [4.69, 9.17) is 4.74 Å². The molecular formula is C14H19N3O. The third kappa shape index (κ3) is 2.11. The lowest BCUT2D eigenvalue weighted by Crippen LogP contribution is -2.07. The van der Waals surface area contributed by atoms with Crippen molar-refractivity contribution in [2.24, 2.45) is 0 Å². The van der Waals surface area contributed by atoms with E-state index in [0.29, 0.717) is 0 Å². The van der Waals surface area contributed by atoms with E-state index >= 15 is 0 Å². The Morgan fingerprint density at radius 3 is 2.72 bits per heavy atom. The maximum absolute atomic E-state index is 5.34. The predicted molar refractivity (Wildman–Crippen MR) is 72.8 cm³/mol. The minimum Gasteiger partial charge on any atom is -0.496 e. The number of aromatic amines is 1. The summed E-state index contributed by atoms with van der Waals surface area (Å²) in [6, 6.07) is 4.06. The zero-order chi connectivity index (χ0) is 13.1. The lowest BCUT2D eigenvalue weighted by atomic mass is 9.99. The van der Waals surface area contributed by atoms with E-state index in [0.717, 1.165) is 34.8 Å². The first-order valence-electron chi connectivity index (χ1n) is 6.00. The van der Waals surface area contributed by atoms with Crippen LogP contribution in [0.3, 0.4) is 0 Å². The molecule has 4 heteroatoms. The lowest BCUT2D eigenvalue weighted by molar-refractivity contribution is 0.411. The van der Waals surface area contributed by atoms with Crippen LogP contribution in [0, 0.1) is 13.8 Å². The van der Waals surface area contributed by atoms with Crippen LogP contribution in [0.25, 0.3) is 11.3 Å². The molecule has 1 heterocycles. The smallest absolute Gasteiger partial charge is 0.122 e. The Kier molecular flexibility index (Phi) is 3.67. The topological polar surface area (TPSA) is 49.9 Å². The SMILES string of the molecule is CNCc1[nH]cnc1-c1ccc(OC)c(C)c1C. The van der Waals surface area contributed by atoms with Crippen LogP contribution in [0.15, 0.2) is 18.5 Å². The molecule has 2 N–H and O–H groups in total. The van der Waals surface area contributed by atoms with Crippen LogP contribution in [0.4, 0.5) is 0 Å². The summed E-state index contributed by atoms with van der Waals surface area (Å²) in [4.78, 5) is 7.60. The minimum atomic E-state index is 0.778. The number of rotatable bonds is 4. The number of ether oxygens (including phenoxy) is 1. The van der Waals surface area contributed by atoms with E-state index in [-0.39, 0.29) is 0 Å². The first-order valence-corrected chi connectivity index (χ1v) is 6.00. The molecule has 0 amide bonds. The molecule has 0 aliphatic carbocycles. The van der Waals surface area contributed by atoms with E-state index in [2.05, 4.69) is 35.2 Å². The molecule has 2 rings (SSSR count). The fraction of sp³-hybridized carbons (Fsp3) is 0.357. The van der Waals surface area contributed by atoms with Gasteiger partial charge >= 0.3 is 0 Å². The largest absolute Gasteiger partial charge is 0.496 e. The van der Waals surface area contributed by atoms with E-state index < -0.39 is 0 Å².